The SMILES string of the molecule is CCc1nn(C)c(OC)c1CNC(=O)CNC.Cl. The van der Waals surface area contributed by atoms with Crippen molar-refractivity contribution in [2.45, 2.75) is 19.9 Å². The molecule has 18 heavy (non-hydrogen) atoms. The van der Waals surface area contributed by atoms with E-state index in [1.807, 2.05) is 14.0 Å². The van der Waals surface area contributed by atoms with Crippen LogP contribution in [0.15, 0.2) is 0 Å². The summed E-state index contributed by atoms with van der Waals surface area (Å²) >= 11 is 0. The first-order valence-electron chi connectivity index (χ1n) is 5.64. The summed E-state index contributed by atoms with van der Waals surface area (Å²) in [4.78, 5) is 11.4. The van der Waals surface area contributed by atoms with Gasteiger partial charge in [-0.1, -0.05) is 6.92 Å². The highest BCUT2D eigenvalue weighted by molar-refractivity contribution is 5.85. The second-order valence-corrected chi connectivity index (χ2v) is 3.72. The molecule has 1 aromatic heterocycles. The molecule has 0 aliphatic carbocycles. The first kappa shape index (κ1) is 16.7. The van der Waals surface area contributed by atoms with Crippen molar-refractivity contribution in [1.82, 2.24) is 20.4 Å². The Labute approximate surface area is 113 Å². The number of aryl methyl sites for hydroxylation is 2. The molecular weight excluding hydrogens is 256 g/mol. The van der Waals surface area contributed by atoms with Crippen LogP contribution in [0.3, 0.4) is 0 Å². The minimum absolute atomic E-state index is 0. The maximum atomic E-state index is 11.4. The maximum absolute atomic E-state index is 11.4. The number of rotatable bonds is 6. The molecule has 1 amide bonds. The van der Waals surface area contributed by atoms with Gasteiger partial charge in [0.2, 0.25) is 11.8 Å². The van der Waals surface area contributed by atoms with Crippen LogP contribution in [0.2, 0.25) is 0 Å². The number of ether oxygens (including phenoxy) is 1. The van der Waals surface area contributed by atoms with Gasteiger partial charge in [0.15, 0.2) is 0 Å². The monoisotopic (exact) mass is 276 g/mol. The quantitative estimate of drug-likeness (QED) is 0.782. The molecule has 1 heterocycles. The zero-order valence-electron chi connectivity index (χ0n) is 11.2. The molecular formula is C11H21ClN4O2. The average Bonchev–Trinajstić information content (AvgIpc) is 2.62. The molecule has 0 saturated heterocycles. The highest BCUT2D eigenvalue weighted by atomic mass is 35.5. The molecule has 0 fully saturated rings. The standard InChI is InChI=1S/C11H20N4O2.ClH/c1-5-9-8(6-13-10(16)7-12-2)11(17-4)15(3)14-9;/h12H,5-7H2,1-4H3,(H,13,16);1H. The van der Waals surface area contributed by atoms with Gasteiger partial charge in [-0.3, -0.25) is 4.79 Å². The number of carbonyl (C=O) groups is 1. The summed E-state index contributed by atoms with van der Waals surface area (Å²) in [6, 6.07) is 0. The van der Waals surface area contributed by atoms with Gasteiger partial charge in [0, 0.05) is 7.05 Å². The summed E-state index contributed by atoms with van der Waals surface area (Å²) in [7, 11) is 5.17. The molecule has 0 spiro atoms. The van der Waals surface area contributed by atoms with Crippen molar-refractivity contribution < 1.29 is 9.53 Å². The minimum atomic E-state index is -0.0412. The van der Waals surface area contributed by atoms with Crippen molar-refractivity contribution in [3.8, 4) is 5.88 Å². The van der Waals surface area contributed by atoms with Crippen molar-refractivity contribution in [1.29, 1.82) is 0 Å². The Morgan fingerprint density at radius 1 is 1.50 bits per heavy atom. The number of likely N-dealkylation sites (N-methyl/N-ethyl adjacent to an activating group) is 1. The van der Waals surface area contributed by atoms with Crippen molar-refractivity contribution in [2.24, 2.45) is 7.05 Å². The van der Waals surface area contributed by atoms with E-state index in [0.29, 0.717) is 19.0 Å². The summed E-state index contributed by atoms with van der Waals surface area (Å²) < 4.78 is 6.98. The topological polar surface area (TPSA) is 68.2 Å². The second kappa shape index (κ2) is 7.94. The third-order valence-corrected chi connectivity index (χ3v) is 2.50. The molecule has 0 radical (unpaired) electrons. The fraction of sp³-hybridized carbons (Fsp3) is 0.636. The van der Waals surface area contributed by atoms with E-state index in [1.165, 1.54) is 0 Å². The second-order valence-electron chi connectivity index (χ2n) is 3.72. The van der Waals surface area contributed by atoms with E-state index in [1.54, 1.807) is 18.8 Å². The highest BCUT2D eigenvalue weighted by Crippen LogP contribution is 2.21. The molecule has 104 valence electrons. The number of methoxy groups -OCH3 is 1. The lowest BCUT2D eigenvalue weighted by Gasteiger charge is -2.07. The van der Waals surface area contributed by atoms with E-state index in [4.69, 9.17) is 4.74 Å². The van der Waals surface area contributed by atoms with Crippen LogP contribution in [-0.2, 0) is 24.8 Å². The zero-order valence-corrected chi connectivity index (χ0v) is 12.1. The van der Waals surface area contributed by atoms with Gasteiger partial charge in [-0.05, 0) is 13.5 Å². The van der Waals surface area contributed by atoms with Gasteiger partial charge in [-0.15, -0.1) is 12.4 Å². The normalized spacial score (nSPS) is 9.78. The largest absolute Gasteiger partial charge is 0.481 e. The van der Waals surface area contributed by atoms with E-state index < -0.39 is 0 Å². The summed E-state index contributed by atoms with van der Waals surface area (Å²) in [6.07, 6.45) is 0.814. The highest BCUT2D eigenvalue weighted by Gasteiger charge is 2.15. The molecule has 1 aromatic rings. The molecule has 7 heteroatoms. The van der Waals surface area contributed by atoms with Crippen LogP contribution in [0.5, 0.6) is 5.88 Å². The van der Waals surface area contributed by atoms with Crippen LogP contribution in [0, 0.1) is 0 Å². The van der Waals surface area contributed by atoms with E-state index in [9.17, 15) is 4.79 Å². The van der Waals surface area contributed by atoms with Crippen LogP contribution >= 0.6 is 12.4 Å². The molecule has 0 bridgehead atoms. The first-order chi connectivity index (χ1) is 8.13. The van der Waals surface area contributed by atoms with Crippen molar-refractivity contribution >= 4 is 18.3 Å². The molecule has 0 aromatic carbocycles. The Hall–Kier alpha value is -1.27. The predicted molar refractivity (Wildman–Crippen MR) is 72.2 cm³/mol. The van der Waals surface area contributed by atoms with Crippen molar-refractivity contribution in [2.75, 3.05) is 20.7 Å². The van der Waals surface area contributed by atoms with Gasteiger partial charge in [0.25, 0.3) is 0 Å². The third-order valence-electron chi connectivity index (χ3n) is 2.50. The van der Waals surface area contributed by atoms with Crippen molar-refractivity contribution in [3.05, 3.63) is 11.3 Å². The van der Waals surface area contributed by atoms with Gasteiger partial charge in [-0.25, -0.2) is 4.68 Å². The number of hydrogen-bond donors (Lipinski definition) is 2. The van der Waals surface area contributed by atoms with Crippen LogP contribution in [0.4, 0.5) is 0 Å². The number of amides is 1. The van der Waals surface area contributed by atoms with E-state index in [0.717, 1.165) is 17.7 Å². The molecule has 0 unspecified atom stereocenters. The molecule has 6 nitrogen and oxygen atoms in total. The van der Waals surface area contributed by atoms with Gasteiger partial charge in [-0.2, -0.15) is 5.10 Å². The van der Waals surface area contributed by atoms with Gasteiger partial charge < -0.3 is 15.4 Å². The predicted octanol–water partition coefficient (Wildman–Crippen LogP) is 0.249. The number of nitrogens with one attached hydrogen (secondary N) is 2. The number of nitrogens with zero attached hydrogens (tertiary/aromatic N) is 2. The van der Waals surface area contributed by atoms with Gasteiger partial charge in [0.05, 0.1) is 31.5 Å². The first-order valence-corrected chi connectivity index (χ1v) is 5.64. The van der Waals surface area contributed by atoms with Crippen LogP contribution in [0.25, 0.3) is 0 Å². The molecule has 0 atom stereocenters. The number of aromatic nitrogens is 2. The van der Waals surface area contributed by atoms with Crippen LogP contribution in [0.1, 0.15) is 18.2 Å². The summed E-state index contributed by atoms with van der Waals surface area (Å²) in [5.74, 6) is 0.659. The van der Waals surface area contributed by atoms with E-state index in [2.05, 4.69) is 15.7 Å². The van der Waals surface area contributed by atoms with Gasteiger partial charge in [0.1, 0.15) is 0 Å². The number of hydrogen-bond acceptors (Lipinski definition) is 4. The fourth-order valence-electron chi connectivity index (χ4n) is 1.73. The van der Waals surface area contributed by atoms with E-state index in [-0.39, 0.29) is 18.3 Å². The third kappa shape index (κ3) is 3.89. The molecule has 2 N–H and O–H groups in total. The molecule has 0 saturated carbocycles. The Bertz CT molecular complexity index is 393. The van der Waals surface area contributed by atoms with E-state index >= 15 is 0 Å². The lowest BCUT2D eigenvalue weighted by Crippen LogP contribution is -2.31. The van der Waals surface area contributed by atoms with Gasteiger partial charge >= 0.3 is 0 Å². The minimum Gasteiger partial charge on any atom is -0.481 e. The summed E-state index contributed by atoms with van der Waals surface area (Å²) in [6.45, 7) is 2.78. The van der Waals surface area contributed by atoms with Crippen molar-refractivity contribution in [3.63, 3.8) is 0 Å². The lowest BCUT2D eigenvalue weighted by molar-refractivity contribution is -0.120. The Balaban J connectivity index is 0.00000289. The Morgan fingerprint density at radius 3 is 2.67 bits per heavy atom. The fourth-order valence-corrected chi connectivity index (χ4v) is 1.73. The smallest absolute Gasteiger partial charge is 0.234 e. The summed E-state index contributed by atoms with van der Waals surface area (Å²) in [5.41, 5.74) is 1.90. The molecule has 0 aliphatic heterocycles. The maximum Gasteiger partial charge on any atom is 0.234 e. The Kier molecular flexibility index (Phi) is 7.38. The average molecular weight is 277 g/mol. The number of halogens is 1. The van der Waals surface area contributed by atoms with Crippen LogP contribution in [-0.4, -0.2) is 36.4 Å². The lowest BCUT2D eigenvalue weighted by atomic mass is 10.2. The zero-order chi connectivity index (χ0) is 12.8. The Morgan fingerprint density at radius 2 is 2.17 bits per heavy atom. The van der Waals surface area contributed by atoms with Crippen LogP contribution < -0.4 is 15.4 Å². The number of carbonyl (C=O) groups excluding carboxylic acids is 1. The summed E-state index contributed by atoms with van der Waals surface area (Å²) in [5, 5.41) is 9.98. The molecule has 0 aliphatic rings. The molecule has 1 rings (SSSR count).